The molecule has 264 valence electrons. The summed E-state index contributed by atoms with van der Waals surface area (Å²) in [7, 11) is 0. The minimum atomic E-state index is -0.460. The Morgan fingerprint density at radius 3 is 1.94 bits per heavy atom. The van der Waals surface area contributed by atoms with Crippen molar-refractivity contribution in [2.75, 3.05) is 13.2 Å². The average molecular weight is 686 g/mol. The molecule has 0 radical (unpaired) electrons. The van der Waals surface area contributed by atoms with Gasteiger partial charge in [-0.1, -0.05) is 23.4 Å². The zero-order chi connectivity index (χ0) is 36.8. The van der Waals surface area contributed by atoms with Crippen molar-refractivity contribution >= 4 is 46.6 Å². The maximum Gasteiger partial charge on any atom is 0.331 e. The molecule has 4 aromatic rings. The van der Waals surface area contributed by atoms with Gasteiger partial charge in [0, 0.05) is 38.1 Å². The molecule has 0 fully saturated rings. The first-order valence-corrected chi connectivity index (χ1v) is 16.1. The smallest absolute Gasteiger partial charge is 0.331 e. The Labute approximate surface area is 291 Å². The summed E-state index contributed by atoms with van der Waals surface area (Å²) in [6, 6.07) is 11.2. The lowest BCUT2D eigenvalue weighted by molar-refractivity contribution is -0.143. The van der Waals surface area contributed by atoms with Crippen LogP contribution in [0.15, 0.2) is 48.6 Å². The van der Waals surface area contributed by atoms with Crippen LogP contribution in [0.4, 0.5) is 0 Å². The highest BCUT2D eigenvalue weighted by Gasteiger charge is 2.18. The van der Waals surface area contributed by atoms with Crippen LogP contribution in [0, 0.1) is 20.8 Å². The van der Waals surface area contributed by atoms with Gasteiger partial charge >= 0.3 is 23.9 Å². The zero-order valence-electron chi connectivity index (χ0n) is 29.7. The van der Waals surface area contributed by atoms with Gasteiger partial charge in [-0.05, 0) is 88.1 Å². The van der Waals surface area contributed by atoms with E-state index in [1.165, 1.54) is 26.0 Å². The molecule has 0 unspecified atom stereocenters. The number of aryl methyl sites for hydroxylation is 4. The fraction of sp³-hybridized carbons (Fsp3) is 0.351. The molecule has 0 saturated carbocycles. The fourth-order valence-electron chi connectivity index (χ4n) is 4.66. The monoisotopic (exact) mass is 685 g/mol. The second kappa shape index (κ2) is 18.7. The van der Waals surface area contributed by atoms with E-state index < -0.39 is 11.9 Å². The normalized spacial score (nSPS) is 11.2. The fourth-order valence-corrected chi connectivity index (χ4v) is 4.66. The Balaban J connectivity index is 0.000000305. The van der Waals surface area contributed by atoms with E-state index in [1.807, 2.05) is 62.7 Å². The lowest BCUT2D eigenvalue weighted by Gasteiger charge is -2.14. The van der Waals surface area contributed by atoms with Crippen molar-refractivity contribution in [3.05, 3.63) is 93.6 Å². The number of ether oxygens (including phenoxy) is 4. The number of carbonyl (C=O) groups excluding carboxylic acids is 4. The predicted molar refractivity (Wildman–Crippen MR) is 186 cm³/mol. The third-order valence-electron chi connectivity index (χ3n) is 7.28. The molecule has 1 aromatic carbocycles. The first kappa shape index (κ1) is 38.7. The van der Waals surface area contributed by atoms with E-state index in [2.05, 4.69) is 20.3 Å². The minimum absolute atomic E-state index is 0.0601. The first-order valence-electron chi connectivity index (χ1n) is 16.1. The molecule has 0 aliphatic rings. The number of aromatic nitrogens is 5. The van der Waals surface area contributed by atoms with Crippen molar-refractivity contribution in [3.63, 3.8) is 0 Å². The molecule has 13 nitrogen and oxygen atoms in total. The number of hydrogen-bond acceptors (Lipinski definition) is 12. The van der Waals surface area contributed by atoms with E-state index in [-0.39, 0.29) is 31.8 Å². The van der Waals surface area contributed by atoms with E-state index in [0.29, 0.717) is 41.5 Å². The highest BCUT2D eigenvalue weighted by atomic mass is 16.5. The maximum absolute atomic E-state index is 12.4. The number of pyridine rings is 2. The van der Waals surface area contributed by atoms with Crippen molar-refractivity contribution in [2.45, 2.75) is 75.1 Å². The largest absolute Gasteiger partial charge is 0.463 e. The Morgan fingerprint density at radius 1 is 0.740 bits per heavy atom. The number of esters is 4. The first-order chi connectivity index (χ1) is 23.9. The van der Waals surface area contributed by atoms with Crippen molar-refractivity contribution < 1.29 is 38.1 Å². The predicted octanol–water partition coefficient (Wildman–Crippen LogP) is 5.55. The van der Waals surface area contributed by atoms with Crippen LogP contribution in [0.3, 0.4) is 0 Å². The van der Waals surface area contributed by atoms with Crippen molar-refractivity contribution in [1.29, 1.82) is 0 Å². The second-order valence-electron chi connectivity index (χ2n) is 10.9. The summed E-state index contributed by atoms with van der Waals surface area (Å²) in [6.07, 6.45) is 4.32. The van der Waals surface area contributed by atoms with Gasteiger partial charge in [0.1, 0.15) is 18.7 Å². The topological polar surface area (TPSA) is 162 Å². The third kappa shape index (κ3) is 10.9. The van der Waals surface area contributed by atoms with Gasteiger partial charge in [-0.25, -0.2) is 24.2 Å². The van der Waals surface area contributed by atoms with Crippen molar-refractivity contribution in [1.82, 2.24) is 25.0 Å². The van der Waals surface area contributed by atoms with Crippen molar-refractivity contribution in [2.24, 2.45) is 0 Å². The van der Waals surface area contributed by atoms with E-state index in [9.17, 15) is 19.2 Å². The Hall–Kier alpha value is -5.72. The van der Waals surface area contributed by atoms with Gasteiger partial charge in [-0.15, -0.1) is 5.10 Å². The Morgan fingerprint density at radius 2 is 1.34 bits per heavy atom. The second-order valence-corrected chi connectivity index (χ2v) is 10.9. The van der Waals surface area contributed by atoms with E-state index in [4.69, 9.17) is 18.9 Å². The summed E-state index contributed by atoms with van der Waals surface area (Å²) < 4.78 is 21.8. The van der Waals surface area contributed by atoms with Gasteiger partial charge in [-0.2, -0.15) is 0 Å². The Bertz CT molecular complexity index is 1910. The molecule has 0 aliphatic carbocycles. The van der Waals surface area contributed by atoms with E-state index in [0.717, 1.165) is 33.3 Å². The molecule has 0 saturated heterocycles. The number of benzene rings is 1. The molecule has 0 amide bonds. The van der Waals surface area contributed by atoms with Crippen LogP contribution < -0.4 is 0 Å². The number of nitrogens with zero attached hydrogens (tertiary/aromatic N) is 5. The number of fused-ring (bicyclic) bond motifs is 1. The molecule has 13 heteroatoms. The molecule has 4 rings (SSSR count). The molecule has 0 N–H and O–H groups in total. The minimum Gasteiger partial charge on any atom is -0.463 e. The highest BCUT2D eigenvalue weighted by Crippen LogP contribution is 2.30. The number of hydrogen-bond donors (Lipinski definition) is 0. The lowest BCUT2D eigenvalue weighted by atomic mass is 9.95. The van der Waals surface area contributed by atoms with Gasteiger partial charge in [0.2, 0.25) is 0 Å². The van der Waals surface area contributed by atoms with E-state index in [1.54, 1.807) is 26.0 Å². The van der Waals surface area contributed by atoms with Gasteiger partial charge in [0.25, 0.3) is 0 Å². The summed E-state index contributed by atoms with van der Waals surface area (Å²) in [5, 5.41) is 8.51. The SMILES string of the molecule is CCOC(=O)/C=C(/c1ccc(C)c(COC(C)=O)n1)c1ccc2c(nnn2CC)c1C.CCOC(=O)/C=C/c1ccc(C)c(COC(C)=O)n1. The van der Waals surface area contributed by atoms with Gasteiger partial charge < -0.3 is 18.9 Å². The summed E-state index contributed by atoms with van der Waals surface area (Å²) in [5.41, 5.74) is 8.27. The Kier molecular flexibility index (Phi) is 14.5. The molecular formula is C37H43N5O8. The molecule has 0 spiro atoms. The van der Waals surface area contributed by atoms with Gasteiger partial charge in [-0.3, -0.25) is 9.59 Å². The molecule has 50 heavy (non-hydrogen) atoms. The molecule has 0 atom stereocenters. The van der Waals surface area contributed by atoms with Crippen LogP contribution in [-0.2, 0) is 57.9 Å². The molecule has 3 heterocycles. The van der Waals surface area contributed by atoms with Crippen molar-refractivity contribution in [3.8, 4) is 0 Å². The van der Waals surface area contributed by atoms with Gasteiger partial charge in [0.15, 0.2) is 0 Å². The van der Waals surface area contributed by atoms with Crippen LogP contribution in [-0.4, -0.2) is 62.1 Å². The lowest BCUT2D eigenvalue weighted by Crippen LogP contribution is -2.07. The van der Waals surface area contributed by atoms with Crippen LogP contribution in [0.5, 0.6) is 0 Å². The summed E-state index contributed by atoms with van der Waals surface area (Å²) in [5.74, 6) is -1.60. The average Bonchev–Trinajstić information content (AvgIpc) is 3.51. The molecule has 3 aromatic heterocycles. The van der Waals surface area contributed by atoms with Crippen LogP contribution in [0.2, 0.25) is 0 Å². The summed E-state index contributed by atoms with van der Waals surface area (Å²) in [6.45, 7) is 15.4. The van der Waals surface area contributed by atoms with Crippen LogP contribution in [0.1, 0.15) is 79.6 Å². The summed E-state index contributed by atoms with van der Waals surface area (Å²) in [4.78, 5) is 54.5. The maximum atomic E-state index is 12.4. The summed E-state index contributed by atoms with van der Waals surface area (Å²) >= 11 is 0. The standard InChI is InChI=1S/C23H26N4O4.C14H17NO4/c1-6-27-21-11-9-17(15(4)23(21)25-26-27)18(12-22(29)30-7-2)19-10-8-14(3)20(24-19)13-31-16(5)28;1-4-18-14(17)8-7-12-6-5-10(2)13(15-12)9-19-11(3)16/h8-12H,6-7,13H2,1-5H3;5-8H,4,9H2,1-3H3/b18-12+;8-7+. The molecule has 0 bridgehead atoms. The molecular weight excluding hydrogens is 642 g/mol. The quantitative estimate of drug-likeness (QED) is 0.104. The number of carbonyl (C=O) groups is 4. The third-order valence-corrected chi connectivity index (χ3v) is 7.28. The zero-order valence-corrected chi connectivity index (χ0v) is 29.7. The van der Waals surface area contributed by atoms with E-state index >= 15 is 0 Å². The number of rotatable bonds is 12. The molecule has 0 aliphatic heterocycles. The highest BCUT2D eigenvalue weighted by molar-refractivity contribution is 5.98. The van der Waals surface area contributed by atoms with Crippen LogP contribution in [0.25, 0.3) is 22.7 Å². The van der Waals surface area contributed by atoms with Gasteiger partial charge in [0.05, 0.1) is 41.5 Å². The van der Waals surface area contributed by atoms with Crippen LogP contribution >= 0.6 is 0 Å².